The number of fused-ring (bicyclic) bond motifs is 1. The molecule has 1 atom stereocenters. The molecule has 4 heteroatoms. The number of oxazole rings is 1. The molecular formula is C17H23N3O. The number of anilines is 1. The monoisotopic (exact) mass is 285 g/mol. The first-order chi connectivity index (χ1) is 10.1. The van der Waals surface area contributed by atoms with Gasteiger partial charge in [-0.15, -0.1) is 0 Å². The van der Waals surface area contributed by atoms with Gasteiger partial charge < -0.3 is 14.6 Å². The van der Waals surface area contributed by atoms with Crippen LogP contribution in [0.1, 0.15) is 42.2 Å². The van der Waals surface area contributed by atoms with Crippen LogP contribution in [0.2, 0.25) is 0 Å². The first kappa shape index (κ1) is 14.1. The van der Waals surface area contributed by atoms with Gasteiger partial charge in [0.2, 0.25) is 5.89 Å². The summed E-state index contributed by atoms with van der Waals surface area (Å²) in [6, 6.07) is 6.90. The molecule has 2 aromatic rings. The van der Waals surface area contributed by atoms with Gasteiger partial charge >= 0.3 is 0 Å². The second kappa shape index (κ2) is 5.90. The third-order valence-electron chi connectivity index (χ3n) is 4.12. The fourth-order valence-corrected chi connectivity index (χ4v) is 2.88. The molecule has 0 aliphatic carbocycles. The summed E-state index contributed by atoms with van der Waals surface area (Å²) in [5.41, 5.74) is 4.16. The van der Waals surface area contributed by atoms with Crippen molar-refractivity contribution in [3.05, 3.63) is 47.2 Å². The minimum atomic E-state index is 0.123. The van der Waals surface area contributed by atoms with Crippen molar-refractivity contribution in [2.45, 2.75) is 39.3 Å². The van der Waals surface area contributed by atoms with Crippen LogP contribution in [0.15, 0.2) is 28.8 Å². The summed E-state index contributed by atoms with van der Waals surface area (Å²) in [6.45, 7) is 5.99. The molecule has 21 heavy (non-hydrogen) atoms. The lowest BCUT2D eigenvalue weighted by atomic mass is 9.99. The summed E-state index contributed by atoms with van der Waals surface area (Å²) in [5, 5.41) is 3.48. The molecule has 1 aliphatic rings. The maximum atomic E-state index is 5.56. The van der Waals surface area contributed by atoms with Gasteiger partial charge in [-0.2, -0.15) is 0 Å². The van der Waals surface area contributed by atoms with Gasteiger partial charge in [-0.25, -0.2) is 4.98 Å². The molecule has 1 aliphatic heterocycles. The van der Waals surface area contributed by atoms with E-state index < -0.39 is 0 Å². The van der Waals surface area contributed by atoms with E-state index in [0.29, 0.717) is 0 Å². The van der Waals surface area contributed by atoms with Crippen molar-refractivity contribution in [1.29, 1.82) is 0 Å². The maximum absolute atomic E-state index is 5.56. The number of aryl methyl sites for hydroxylation is 2. The lowest BCUT2D eigenvalue weighted by molar-refractivity contribution is 0.402. The van der Waals surface area contributed by atoms with Crippen LogP contribution in [-0.4, -0.2) is 18.6 Å². The van der Waals surface area contributed by atoms with E-state index in [0.717, 1.165) is 24.7 Å². The highest BCUT2D eigenvalue weighted by Crippen LogP contribution is 2.27. The highest BCUT2D eigenvalue weighted by Gasteiger charge is 2.14. The predicted octanol–water partition coefficient (Wildman–Crippen LogP) is 3.22. The summed E-state index contributed by atoms with van der Waals surface area (Å²) in [6.07, 6.45) is 4.19. The molecule has 0 saturated carbocycles. The van der Waals surface area contributed by atoms with Crippen molar-refractivity contribution in [2.24, 2.45) is 0 Å². The van der Waals surface area contributed by atoms with Gasteiger partial charge in [0.05, 0.1) is 12.2 Å². The molecule has 3 rings (SSSR count). The number of rotatable bonds is 4. The number of hydrogen-bond donors (Lipinski definition) is 1. The van der Waals surface area contributed by atoms with Crippen molar-refractivity contribution in [2.75, 3.05) is 18.5 Å². The molecular weight excluding hydrogens is 262 g/mol. The largest absolute Gasteiger partial charge is 0.444 e. The molecule has 0 radical (unpaired) electrons. The molecule has 0 amide bonds. The van der Waals surface area contributed by atoms with Crippen molar-refractivity contribution in [1.82, 2.24) is 10.3 Å². The van der Waals surface area contributed by atoms with E-state index in [2.05, 4.69) is 47.4 Å². The molecule has 1 unspecified atom stereocenters. The summed E-state index contributed by atoms with van der Waals surface area (Å²) in [7, 11) is 2.17. The summed E-state index contributed by atoms with van der Waals surface area (Å²) in [5.74, 6) is 1.61. The van der Waals surface area contributed by atoms with Crippen LogP contribution < -0.4 is 10.2 Å². The summed E-state index contributed by atoms with van der Waals surface area (Å²) in [4.78, 5) is 6.61. The van der Waals surface area contributed by atoms with Crippen molar-refractivity contribution in [3.63, 3.8) is 0 Å². The van der Waals surface area contributed by atoms with E-state index in [4.69, 9.17) is 4.42 Å². The zero-order valence-electron chi connectivity index (χ0n) is 13.0. The van der Waals surface area contributed by atoms with Crippen LogP contribution in [0.25, 0.3) is 0 Å². The first-order valence-corrected chi connectivity index (χ1v) is 7.62. The average Bonchev–Trinajstić information content (AvgIpc) is 2.91. The molecule has 2 heterocycles. The molecule has 1 aromatic heterocycles. The molecule has 4 nitrogen and oxygen atoms in total. The Morgan fingerprint density at radius 1 is 1.43 bits per heavy atom. The van der Waals surface area contributed by atoms with E-state index in [9.17, 15) is 0 Å². The van der Waals surface area contributed by atoms with Gasteiger partial charge in [0.25, 0.3) is 0 Å². The van der Waals surface area contributed by atoms with Gasteiger partial charge in [-0.1, -0.05) is 12.1 Å². The third kappa shape index (κ3) is 3.10. The first-order valence-electron chi connectivity index (χ1n) is 7.62. The van der Waals surface area contributed by atoms with Gasteiger partial charge in [0, 0.05) is 25.8 Å². The van der Waals surface area contributed by atoms with E-state index in [1.54, 1.807) is 6.20 Å². The van der Waals surface area contributed by atoms with Gasteiger partial charge in [-0.3, -0.25) is 0 Å². The maximum Gasteiger partial charge on any atom is 0.211 e. The second-order valence-electron chi connectivity index (χ2n) is 5.90. The third-order valence-corrected chi connectivity index (χ3v) is 4.12. The quantitative estimate of drug-likeness (QED) is 0.936. The van der Waals surface area contributed by atoms with Crippen LogP contribution >= 0.6 is 0 Å². The number of nitrogens with zero attached hydrogens (tertiary/aromatic N) is 2. The lowest BCUT2D eigenvalue weighted by Crippen LogP contribution is -2.25. The Labute approximate surface area is 126 Å². The lowest BCUT2D eigenvalue weighted by Gasteiger charge is -2.28. The minimum Gasteiger partial charge on any atom is -0.444 e. The van der Waals surface area contributed by atoms with Crippen LogP contribution in [0, 0.1) is 6.92 Å². The second-order valence-corrected chi connectivity index (χ2v) is 5.90. The van der Waals surface area contributed by atoms with E-state index in [1.807, 2.05) is 6.92 Å². The summed E-state index contributed by atoms with van der Waals surface area (Å²) >= 11 is 0. The highest BCUT2D eigenvalue weighted by atomic mass is 16.4. The zero-order valence-corrected chi connectivity index (χ0v) is 13.0. The van der Waals surface area contributed by atoms with Crippen LogP contribution in [-0.2, 0) is 13.0 Å². The van der Waals surface area contributed by atoms with Gasteiger partial charge in [-0.05, 0) is 43.9 Å². The minimum absolute atomic E-state index is 0.123. The molecule has 0 spiro atoms. The fourth-order valence-electron chi connectivity index (χ4n) is 2.88. The zero-order chi connectivity index (χ0) is 14.8. The van der Waals surface area contributed by atoms with Crippen LogP contribution in [0.5, 0.6) is 0 Å². The van der Waals surface area contributed by atoms with Gasteiger partial charge in [0.1, 0.15) is 5.76 Å². The van der Waals surface area contributed by atoms with Crippen molar-refractivity contribution < 1.29 is 4.42 Å². The van der Waals surface area contributed by atoms with E-state index in [-0.39, 0.29) is 6.04 Å². The smallest absolute Gasteiger partial charge is 0.211 e. The SMILES string of the molecule is Cc1cnc(C(C)NCc2ccc3c(c2)CCCN3C)o1. The number of hydrogen-bond acceptors (Lipinski definition) is 4. The Morgan fingerprint density at radius 2 is 2.29 bits per heavy atom. The number of aromatic nitrogens is 1. The number of benzene rings is 1. The molecule has 0 fully saturated rings. The Balaban J connectivity index is 1.65. The highest BCUT2D eigenvalue weighted by molar-refractivity contribution is 5.56. The normalized spacial score (nSPS) is 15.9. The molecule has 0 bridgehead atoms. The standard InChI is InChI=1S/C17H23N3O/c1-12-10-19-17(21-12)13(2)18-11-14-6-7-16-15(9-14)5-4-8-20(16)3/h6-7,9-10,13,18H,4-5,8,11H2,1-3H3. The molecule has 1 N–H and O–H groups in total. The van der Waals surface area contributed by atoms with Crippen molar-refractivity contribution in [3.8, 4) is 0 Å². The predicted molar refractivity (Wildman–Crippen MR) is 84.5 cm³/mol. The Hall–Kier alpha value is -1.81. The molecule has 1 aromatic carbocycles. The number of nitrogens with one attached hydrogen (secondary N) is 1. The topological polar surface area (TPSA) is 41.3 Å². The van der Waals surface area contributed by atoms with Crippen LogP contribution in [0.4, 0.5) is 5.69 Å². The Bertz CT molecular complexity index is 620. The average molecular weight is 285 g/mol. The van der Waals surface area contributed by atoms with E-state index >= 15 is 0 Å². The Morgan fingerprint density at radius 3 is 3.05 bits per heavy atom. The molecule has 0 saturated heterocycles. The summed E-state index contributed by atoms with van der Waals surface area (Å²) < 4.78 is 5.56. The Kier molecular flexibility index (Phi) is 3.97. The van der Waals surface area contributed by atoms with E-state index in [1.165, 1.54) is 29.7 Å². The fraction of sp³-hybridized carbons (Fsp3) is 0.471. The van der Waals surface area contributed by atoms with Crippen LogP contribution in [0.3, 0.4) is 0 Å². The van der Waals surface area contributed by atoms with Crippen molar-refractivity contribution >= 4 is 5.69 Å². The van der Waals surface area contributed by atoms with Gasteiger partial charge in [0.15, 0.2) is 0 Å². The molecule has 112 valence electrons.